The highest BCUT2D eigenvalue weighted by Gasteiger charge is 2.35. The molecule has 2 aromatic heterocycles. The van der Waals surface area contributed by atoms with E-state index in [0.717, 1.165) is 7.05 Å². The van der Waals surface area contributed by atoms with E-state index in [-0.39, 0.29) is 24.8 Å². The Balaban J connectivity index is 2.13. The standard InChI is InChI=1S/C16H13ClF3N3O4/c1-22-13(16(18,19)20)7-14(24)23(15(22)25)9-2-3-12-10(6-9)11(21-27-12)8-26-5-4-17/h2-3,6-7H,4-5,8H2,1H3. The summed E-state index contributed by atoms with van der Waals surface area (Å²) in [6.07, 6.45) is -4.82. The number of hydrogen-bond acceptors (Lipinski definition) is 5. The molecule has 2 heterocycles. The quantitative estimate of drug-likeness (QED) is 0.483. The maximum absolute atomic E-state index is 13.0. The van der Waals surface area contributed by atoms with Crippen molar-refractivity contribution in [3.8, 4) is 5.69 Å². The van der Waals surface area contributed by atoms with Crippen LogP contribution in [0.5, 0.6) is 0 Å². The van der Waals surface area contributed by atoms with Crippen LogP contribution >= 0.6 is 11.6 Å². The molecule has 144 valence electrons. The molecule has 0 bridgehead atoms. The summed E-state index contributed by atoms with van der Waals surface area (Å²) in [5, 5.41) is 4.32. The summed E-state index contributed by atoms with van der Waals surface area (Å²) < 4.78 is 50.3. The molecule has 0 unspecified atom stereocenters. The molecule has 0 radical (unpaired) electrons. The van der Waals surface area contributed by atoms with E-state index < -0.39 is 23.1 Å². The molecule has 0 atom stereocenters. The maximum atomic E-state index is 13.0. The molecule has 3 rings (SSSR count). The Hall–Kier alpha value is -2.59. The van der Waals surface area contributed by atoms with Gasteiger partial charge in [0, 0.05) is 24.4 Å². The molecule has 7 nitrogen and oxygen atoms in total. The second kappa shape index (κ2) is 7.20. The van der Waals surface area contributed by atoms with Crippen molar-refractivity contribution in [3.63, 3.8) is 0 Å². The molecule has 0 saturated heterocycles. The molecule has 0 amide bonds. The van der Waals surface area contributed by atoms with E-state index in [1.165, 1.54) is 18.2 Å². The number of ether oxygens (including phenoxy) is 1. The lowest BCUT2D eigenvalue weighted by atomic mass is 10.2. The van der Waals surface area contributed by atoms with Crippen molar-refractivity contribution < 1.29 is 22.4 Å². The molecule has 27 heavy (non-hydrogen) atoms. The zero-order valence-electron chi connectivity index (χ0n) is 13.9. The molecule has 0 aliphatic heterocycles. The zero-order valence-corrected chi connectivity index (χ0v) is 14.7. The maximum Gasteiger partial charge on any atom is 0.431 e. The van der Waals surface area contributed by atoms with Gasteiger partial charge < -0.3 is 9.26 Å². The summed E-state index contributed by atoms with van der Waals surface area (Å²) in [5.74, 6) is 0.290. The minimum atomic E-state index is -4.82. The van der Waals surface area contributed by atoms with E-state index in [1.807, 2.05) is 0 Å². The van der Waals surface area contributed by atoms with Crippen molar-refractivity contribution >= 4 is 22.6 Å². The average molecular weight is 404 g/mol. The minimum absolute atomic E-state index is 0.0864. The van der Waals surface area contributed by atoms with Gasteiger partial charge in [-0.2, -0.15) is 13.2 Å². The van der Waals surface area contributed by atoms with Gasteiger partial charge in [-0.1, -0.05) is 5.16 Å². The normalized spacial score (nSPS) is 12.0. The molecule has 1 aromatic carbocycles. The van der Waals surface area contributed by atoms with Gasteiger partial charge in [0.05, 0.1) is 18.9 Å². The topological polar surface area (TPSA) is 79.3 Å². The van der Waals surface area contributed by atoms with E-state index in [0.29, 0.717) is 31.9 Å². The number of alkyl halides is 4. The molecule has 0 saturated carbocycles. The highest BCUT2D eigenvalue weighted by atomic mass is 35.5. The highest BCUT2D eigenvalue weighted by molar-refractivity contribution is 6.17. The van der Waals surface area contributed by atoms with Crippen LogP contribution in [0.3, 0.4) is 0 Å². The van der Waals surface area contributed by atoms with E-state index in [1.54, 1.807) is 0 Å². The largest absolute Gasteiger partial charge is 0.431 e. The monoisotopic (exact) mass is 403 g/mol. The first kappa shape index (κ1) is 19.2. The van der Waals surface area contributed by atoms with Crippen LogP contribution in [0, 0.1) is 0 Å². The SMILES string of the molecule is Cn1c(C(F)(F)F)cc(=O)n(-c2ccc3onc(COCCCl)c3c2)c1=O. The lowest BCUT2D eigenvalue weighted by Gasteiger charge is -2.13. The van der Waals surface area contributed by atoms with E-state index in [2.05, 4.69) is 5.16 Å². The fraction of sp³-hybridized carbons (Fsp3) is 0.312. The lowest BCUT2D eigenvalue weighted by Crippen LogP contribution is -2.40. The predicted octanol–water partition coefficient (Wildman–Crippen LogP) is 2.45. The summed E-state index contributed by atoms with van der Waals surface area (Å²) in [6, 6.07) is 4.66. The van der Waals surface area contributed by atoms with Gasteiger partial charge in [0.15, 0.2) is 5.58 Å². The number of rotatable bonds is 5. The fourth-order valence-corrected chi connectivity index (χ4v) is 2.69. The molecular formula is C16H13ClF3N3O4. The first-order valence-electron chi connectivity index (χ1n) is 7.66. The van der Waals surface area contributed by atoms with E-state index in [4.69, 9.17) is 20.9 Å². The third-order valence-corrected chi connectivity index (χ3v) is 4.01. The van der Waals surface area contributed by atoms with Crippen molar-refractivity contribution in [1.29, 1.82) is 0 Å². The van der Waals surface area contributed by atoms with Gasteiger partial charge in [-0.15, -0.1) is 11.6 Å². The van der Waals surface area contributed by atoms with Gasteiger partial charge in [0.2, 0.25) is 0 Å². The Morgan fingerprint density at radius 2 is 2.00 bits per heavy atom. The number of fused-ring (bicyclic) bond motifs is 1. The van der Waals surface area contributed by atoms with Crippen molar-refractivity contribution in [2.45, 2.75) is 12.8 Å². The van der Waals surface area contributed by atoms with Crippen LogP contribution < -0.4 is 11.2 Å². The Labute approximate surface area is 154 Å². The zero-order chi connectivity index (χ0) is 19.8. The number of nitrogens with zero attached hydrogens (tertiary/aromatic N) is 3. The Kier molecular flexibility index (Phi) is 5.11. The average Bonchev–Trinajstić information content (AvgIpc) is 3.00. The number of halogens is 4. The Morgan fingerprint density at radius 3 is 2.67 bits per heavy atom. The van der Waals surface area contributed by atoms with Crippen molar-refractivity contribution in [2.24, 2.45) is 7.05 Å². The Morgan fingerprint density at radius 1 is 1.26 bits per heavy atom. The second-order valence-electron chi connectivity index (χ2n) is 5.59. The van der Waals surface area contributed by atoms with Crippen LogP contribution in [0.1, 0.15) is 11.4 Å². The molecule has 0 aliphatic carbocycles. The molecule has 11 heteroatoms. The summed E-state index contributed by atoms with van der Waals surface area (Å²) in [5.41, 5.74) is -2.67. The summed E-state index contributed by atoms with van der Waals surface area (Å²) in [7, 11) is 0.949. The van der Waals surface area contributed by atoms with Gasteiger partial charge in [0.25, 0.3) is 5.56 Å². The van der Waals surface area contributed by atoms with E-state index >= 15 is 0 Å². The minimum Gasteiger partial charge on any atom is -0.374 e. The van der Waals surface area contributed by atoms with Crippen LogP contribution in [0.15, 0.2) is 38.4 Å². The number of hydrogen-bond donors (Lipinski definition) is 0. The molecule has 0 aliphatic rings. The molecule has 3 aromatic rings. The van der Waals surface area contributed by atoms with Crippen LogP contribution in [0.4, 0.5) is 13.2 Å². The van der Waals surface area contributed by atoms with Gasteiger partial charge in [-0.05, 0) is 18.2 Å². The Bertz CT molecular complexity index is 1100. The number of benzene rings is 1. The van der Waals surface area contributed by atoms with Crippen LogP contribution in [0.2, 0.25) is 0 Å². The van der Waals surface area contributed by atoms with Crippen molar-refractivity contribution in [1.82, 2.24) is 14.3 Å². The molecule has 0 fully saturated rings. The van der Waals surface area contributed by atoms with Crippen LogP contribution in [-0.2, 0) is 24.6 Å². The van der Waals surface area contributed by atoms with Crippen molar-refractivity contribution in [2.75, 3.05) is 12.5 Å². The predicted molar refractivity (Wildman–Crippen MR) is 90.2 cm³/mol. The summed E-state index contributed by atoms with van der Waals surface area (Å²) in [6.45, 7) is 0.373. The number of aromatic nitrogens is 3. The molecule has 0 N–H and O–H groups in total. The lowest BCUT2D eigenvalue weighted by molar-refractivity contribution is -0.144. The molecular weight excluding hydrogens is 391 g/mol. The van der Waals surface area contributed by atoms with Gasteiger partial charge in [0.1, 0.15) is 11.4 Å². The third kappa shape index (κ3) is 3.62. The van der Waals surface area contributed by atoms with Gasteiger partial charge in [-0.3, -0.25) is 9.36 Å². The van der Waals surface area contributed by atoms with Gasteiger partial charge >= 0.3 is 11.9 Å². The summed E-state index contributed by atoms with van der Waals surface area (Å²) >= 11 is 5.54. The van der Waals surface area contributed by atoms with Crippen molar-refractivity contribution in [3.05, 3.63) is 56.5 Å². The second-order valence-corrected chi connectivity index (χ2v) is 5.97. The van der Waals surface area contributed by atoms with Crippen LogP contribution in [0.25, 0.3) is 16.7 Å². The smallest absolute Gasteiger partial charge is 0.374 e. The first-order valence-corrected chi connectivity index (χ1v) is 8.20. The fourth-order valence-electron chi connectivity index (χ4n) is 2.58. The summed E-state index contributed by atoms with van der Waals surface area (Å²) in [4.78, 5) is 24.6. The third-order valence-electron chi connectivity index (χ3n) is 3.86. The van der Waals surface area contributed by atoms with Crippen LogP contribution in [-0.4, -0.2) is 26.8 Å². The van der Waals surface area contributed by atoms with Gasteiger partial charge in [-0.25, -0.2) is 9.36 Å². The van der Waals surface area contributed by atoms with E-state index in [9.17, 15) is 22.8 Å². The first-order chi connectivity index (χ1) is 12.7. The highest BCUT2D eigenvalue weighted by Crippen LogP contribution is 2.27. The molecule has 0 spiro atoms.